The highest BCUT2D eigenvalue weighted by Gasteiger charge is 2.17. The zero-order chi connectivity index (χ0) is 15.3. The molecule has 1 unspecified atom stereocenters. The predicted molar refractivity (Wildman–Crippen MR) is 81.1 cm³/mol. The Labute approximate surface area is 124 Å². The summed E-state index contributed by atoms with van der Waals surface area (Å²) in [4.78, 5) is 0.239. The van der Waals surface area contributed by atoms with Crippen LogP contribution in [0.25, 0.3) is 0 Å². The Morgan fingerprint density at radius 2 is 1.67 bits per heavy atom. The van der Waals surface area contributed by atoms with Crippen LogP contribution in [0.2, 0.25) is 0 Å². The van der Waals surface area contributed by atoms with Gasteiger partial charge in [-0.3, -0.25) is 0 Å². The second kappa shape index (κ2) is 6.74. The molecule has 0 saturated heterocycles. The van der Waals surface area contributed by atoms with Crippen molar-refractivity contribution in [3.05, 3.63) is 60.2 Å². The first-order valence-electron chi connectivity index (χ1n) is 6.63. The molecule has 2 aromatic rings. The molecule has 0 spiro atoms. The zero-order valence-corrected chi connectivity index (χ0v) is 12.6. The van der Waals surface area contributed by atoms with Crippen molar-refractivity contribution in [2.24, 2.45) is 0 Å². The van der Waals surface area contributed by atoms with E-state index in [0.717, 1.165) is 5.56 Å². The van der Waals surface area contributed by atoms with E-state index in [9.17, 15) is 13.5 Å². The largest absolute Gasteiger partial charge is 0.497 e. The van der Waals surface area contributed by atoms with Crippen LogP contribution >= 0.6 is 0 Å². The number of aliphatic hydroxyl groups excluding tert-OH is 1. The van der Waals surface area contributed by atoms with Crippen molar-refractivity contribution in [1.82, 2.24) is 0 Å². The highest BCUT2D eigenvalue weighted by atomic mass is 32.2. The minimum Gasteiger partial charge on any atom is -0.497 e. The molecule has 4 nitrogen and oxygen atoms in total. The van der Waals surface area contributed by atoms with Crippen LogP contribution in [-0.4, -0.2) is 26.4 Å². The van der Waals surface area contributed by atoms with Gasteiger partial charge in [0.15, 0.2) is 9.84 Å². The first-order valence-corrected chi connectivity index (χ1v) is 8.28. The van der Waals surface area contributed by atoms with E-state index in [1.54, 1.807) is 24.3 Å². The van der Waals surface area contributed by atoms with E-state index in [0.29, 0.717) is 5.75 Å². The standard InChI is InChI=1S/C16H18O4S/c1-20-14-7-9-15(10-8-14)21(18,19)12-11-16(17)13-5-3-2-4-6-13/h2-10,16-17H,11-12H2,1H3. The number of sulfone groups is 1. The minimum absolute atomic E-state index is 0.102. The van der Waals surface area contributed by atoms with Gasteiger partial charge < -0.3 is 9.84 Å². The van der Waals surface area contributed by atoms with E-state index < -0.39 is 15.9 Å². The predicted octanol–water partition coefficient (Wildman–Crippen LogP) is 2.59. The molecule has 2 rings (SSSR count). The molecule has 2 aromatic carbocycles. The van der Waals surface area contributed by atoms with Crippen LogP contribution in [0.3, 0.4) is 0 Å². The van der Waals surface area contributed by atoms with Gasteiger partial charge in [0.05, 0.1) is 23.9 Å². The summed E-state index contributed by atoms with van der Waals surface area (Å²) in [6.07, 6.45) is -0.613. The molecule has 112 valence electrons. The smallest absolute Gasteiger partial charge is 0.178 e. The Bertz CT molecular complexity index is 663. The summed E-state index contributed by atoms with van der Waals surface area (Å²) in [5.74, 6) is 0.508. The molecule has 1 atom stereocenters. The molecule has 0 saturated carbocycles. The molecule has 0 heterocycles. The fraction of sp³-hybridized carbons (Fsp3) is 0.250. The van der Waals surface area contributed by atoms with E-state index in [4.69, 9.17) is 4.74 Å². The molecule has 0 fully saturated rings. The van der Waals surface area contributed by atoms with Crippen molar-refractivity contribution < 1.29 is 18.3 Å². The van der Waals surface area contributed by atoms with Gasteiger partial charge in [0, 0.05) is 0 Å². The molecule has 0 radical (unpaired) electrons. The van der Waals surface area contributed by atoms with Gasteiger partial charge in [-0.25, -0.2) is 8.42 Å². The lowest BCUT2D eigenvalue weighted by Crippen LogP contribution is -2.10. The number of methoxy groups -OCH3 is 1. The SMILES string of the molecule is COc1ccc(S(=O)(=O)CCC(O)c2ccccc2)cc1. The van der Waals surface area contributed by atoms with Crippen LogP contribution in [0.15, 0.2) is 59.5 Å². The second-order valence-corrected chi connectivity index (χ2v) is 6.82. The highest BCUT2D eigenvalue weighted by molar-refractivity contribution is 7.91. The second-order valence-electron chi connectivity index (χ2n) is 4.71. The molecule has 0 aliphatic carbocycles. The topological polar surface area (TPSA) is 63.6 Å². The van der Waals surface area contributed by atoms with Gasteiger partial charge in [0.1, 0.15) is 5.75 Å². The van der Waals surface area contributed by atoms with Gasteiger partial charge in [-0.05, 0) is 36.2 Å². The van der Waals surface area contributed by atoms with Crippen molar-refractivity contribution in [2.75, 3.05) is 12.9 Å². The van der Waals surface area contributed by atoms with Gasteiger partial charge in [-0.2, -0.15) is 0 Å². The molecule has 0 aliphatic rings. The number of benzene rings is 2. The zero-order valence-electron chi connectivity index (χ0n) is 11.8. The molecule has 0 aliphatic heterocycles. The third-order valence-electron chi connectivity index (χ3n) is 3.26. The fourth-order valence-corrected chi connectivity index (χ4v) is 3.33. The van der Waals surface area contributed by atoms with Crippen molar-refractivity contribution in [3.63, 3.8) is 0 Å². The van der Waals surface area contributed by atoms with Gasteiger partial charge in [0.25, 0.3) is 0 Å². The summed E-state index contributed by atoms with van der Waals surface area (Å²) in [5, 5.41) is 10.0. The van der Waals surface area contributed by atoms with Crippen molar-refractivity contribution in [3.8, 4) is 5.75 Å². The Morgan fingerprint density at radius 1 is 1.05 bits per heavy atom. The lowest BCUT2D eigenvalue weighted by molar-refractivity contribution is 0.174. The maximum absolute atomic E-state index is 12.2. The lowest BCUT2D eigenvalue weighted by Gasteiger charge is -2.11. The Balaban J connectivity index is 2.04. The van der Waals surface area contributed by atoms with Crippen LogP contribution in [0.5, 0.6) is 5.75 Å². The van der Waals surface area contributed by atoms with Gasteiger partial charge in [0.2, 0.25) is 0 Å². The maximum Gasteiger partial charge on any atom is 0.178 e. The average Bonchev–Trinajstić information content (AvgIpc) is 2.53. The number of hydrogen-bond acceptors (Lipinski definition) is 4. The van der Waals surface area contributed by atoms with E-state index in [1.165, 1.54) is 19.2 Å². The maximum atomic E-state index is 12.2. The molecule has 0 amide bonds. The van der Waals surface area contributed by atoms with E-state index in [1.807, 2.05) is 18.2 Å². The van der Waals surface area contributed by atoms with Crippen LogP contribution in [0.1, 0.15) is 18.1 Å². The van der Waals surface area contributed by atoms with E-state index >= 15 is 0 Å². The Morgan fingerprint density at radius 3 is 2.24 bits per heavy atom. The molecule has 0 bridgehead atoms. The Hall–Kier alpha value is -1.85. The monoisotopic (exact) mass is 306 g/mol. The highest BCUT2D eigenvalue weighted by Crippen LogP contribution is 2.21. The van der Waals surface area contributed by atoms with Crippen LogP contribution in [-0.2, 0) is 9.84 Å². The van der Waals surface area contributed by atoms with Gasteiger partial charge in [-0.1, -0.05) is 30.3 Å². The number of ether oxygens (including phenoxy) is 1. The normalized spacial score (nSPS) is 12.9. The van der Waals surface area contributed by atoms with Crippen LogP contribution in [0.4, 0.5) is 0 Å². The number of rotatable bonds is 6. The van der Waals surface area contributed by atoms with Crippen molar-refractivity contribution >= 4 is 9.84 Å². The van der Waals surface area contributed by atoms with E-state index in [-0.39, 0.29) is 17.1 Å². The van der Waals surface area contributed by atoms with Gasteiger partial charge >= 0.3 is 0 Å². The summed E-state index contributed by atoms with van der Waals surface area (Å²) in [7, 11) is -1.88. The summed E-state index contributed by atoms with van der Waals surface area (Å²) in [6.45, 7) is 0. The third kappa shape index (κ3) is 4.06. The molecule has 5 heteroatoms. The van der Waals surface area contributed by atoms with Crippen LogP contribution in [0, 0.1) is 0 Å². The Kier molecular flexibility index (Phi) is 4.98. The van der Waals surface area contributed by atoms with Gasteiger partial charge in [-0.15, -0.1) is 0 Å². The van der Waals surface area contributed by atoms with E-state index in [2.05, 4.69) is 0 Å². The molecular weight excluding hydrogens is 288 g/mol. The first-order chi connectivity index (χ1) is 10.0. The molecular formula is C16H18O4S. The summed E-state index contributed by atoms with van der Waals surface area (Å²) in [6, 6.07) is 15.3. The quantitative estimate of drug-likeness (QED) is 0.891. The summed E-state index contributed by atoms with van der Waals surface area (Å²) >= 11 is 0. The third-order valence-corrected chi connectivity index (χ3v) is 5.03. The molecule has 1 N–H and O–H groups in total. The summed E-state index contributed by atoms with van der Waals surface area (Å²) < 4.78 is 29.4. The first kappa shape index (κ1) is 15.5. The molecule has 21 heavy (non-hydrogen) atoms. The lowest BCUT2D eigenvalue weighted by atomic mass is 10.1. The van der Waals surface area contributed by atoms with Crippen molar-refractivity contribution in [1.29, 1.82) is 0 Å². The summed E-state index contributed by atoms with van der Waals surface area (Å²) in [5.41, 5.74) is 0.724. The average molecular weight is 306 g/mol. The molecule has 0 aromatic heterocycles. The number of aliphatic hydroxyl groups is 1. The van der Waals surface area contributed by atoms with Crippen molar-refractivity contribution in [2.45, 2.75) is 17.4 Å². The number of hydrogen-bond donors (Lipinski definition) is 1. The fourth-order valence-electron chi connectivity index (χ4n) is 2.01. The van der Waals surface area contributed by atoms with Crippen LogP contribution < -0.4 is 4.74 Å². The minimum atomic E-state index is -3.40.